The van der Waals surface area contributed by atoms with Gasteiger partial charge in [-0.25, -0.2) is 9.97 Å². The number of imidazole rings is 1. The summed E-state index contributed by atoms with van der Waals surface area (Å²) in [5.74, 6) is 1.77. The minimum Gasteiger partial charge on any atom is -0.356 e. The van der Waals surface area contributed by atoms with Gasteiger partial charge in [0.1, 0.15) is 5.82 Å². The number of fused-ring (bicyclic) bond motifs is 1. The van der Waals surface area contributed by atoms with Gasteiger partial charge in [-0.05, 0) is 26.0 Å². The molecule has 6 nitrogen and oxygen atoms in total. The highest BCUT2D eigenvalue weighted by Crippen LogP contribution is 2.16. The fraction of sp³-hybridized carbons (Fsp3) is 0.353. The van der Waals surface area contributed by atoms with Crippen molar-refractivity contribution < 1.29 is 0 Å². The van der Waals surface area contributed by atoms with Gasteiger partial charge >= 0.3 is 0 Å². The van der Waals surface area contributed by atoms with Gasteiger partial charge in [0.2, 0.25) is 0 Å². The third kappa shape index (κ3) is 3.91. The first-order valence-corrected chi connectivity index (χ1v) is 8.78. The highest BCUT2D eigenvalue weighted by Gasteiger charge is 2.06. The molecule has 0 aliphatic heterocycles. The Balaban J connectivity index is 1.50. The monoisotopic (exact) mass is 342 g/mol. The van der Waals surface area contributed by atoms with Gasteiger partial charge in [0.05, 0.1) is 28.3 Å². The van der Waals surface area contributed by atoms with Crippen molar-refractivity contribution in [1.82, 2.24) is 25.6 Å². The fourth-order valence-corrected chi connectivity index (χ4v) is 3.42. The smallest absolute Gasteiger partial charge is 0.191 e. The van der Waals surface area contributed by atoms with Crippen molar-refractivity contribution in [2.24, 2.45) is 4.99 Å². The zero-order valence-electron chi connectivity index (χ0n) is 14.2. The molecular formula is C17H22N6S. The van der Waals surface area contributed by atoms with Crippen molar-refractivity contribution in [3.63, 3.8) is 0 Å². The summed E-state index contributed by atoms with van der Waals surface area (Å²) in [6, 6.07) is 8.07. The van der Waals surface area contributed by atoms with E-state index in [1.807, 2.05) is 38.1 Å². The molecule has 3 N–H and O–H groups in total. The normalized spacial score (nSPS) is 11.9. The lowest BCUT2D eigenvalue weighted by Crippen LogP contribution is -2.37. The third-order valence-electron chi connectivity index (χ3n) is 3.73. The summed E-state index contributed by atoms with van der Waals surface area (Å²) in [4.78, 5) is 17.9. The lowest BCUT2D eigenvalue weighted by molar-refractivity contribution is 0.778. The van der Waals surface area contributed by atoms with Crippen LogP contribution in [-0.4, -0.2) is 34.5 Å². The van der Waals surface area contributed by atoms with Crippen molar-refractivity contribution in [1.29, 1.82) is 0 Å². The van der Waals surface area contributed by atoms with Crippen molar-refractivity contribution in [3.05, 3.63) is 45.7 Å². The average molecular weight is 342 g/mol. The molecule has 0 saturated heterocycles. The van der Waals surface area contributed by atoms with Gasteiger partial charge < -0.3 is 15.6 Å². The molecular weight excluding hydrogens is 320 g/mol. The standard InChI is InChI=1S/C17H22N6S/c1-11-15(24-12(2)21-11)10-20-17(18-3)19-9-8-16-22-13-6-4-5-7-14(13)23-16/h4-7H,8-10H2,1-3H3,(H,22,23)(H2,18,19,20). The summed E-state index contributed by atoms with van der Waals surface area (Å²) in [6.45, 7) is 5.57. The second-order valence-electron chi connectivity index (χ2n) is 5.54. The van der Waals surface area contributed by atoms with E-state index >= 15 is 0 Å². The van der Waals surface area contributed by atoms with Gasteiger partial charge in [0.15, 0.2) is 5.96 Å². The molecule has 0 atom stereocenters. The Morgan fingerprint density at radius 1 is 1.21 bits per heavy atom. The van der Waals surface area contributed by atoms with Gasteiger partial charge in [0.25, 0.3) is 0 Å². The minimum atomic E-state index is 0.738. The number of para-hydroxylation sites is 2. The first-order valence-electron chi connectivity index (χ1n) is 7.97. The quantitative estimate of drug-likeness (QED) is 0.492. The number of H-pyrrole nitrogens is 1. The van der Waals surface area contributed by atoms with Crippen molar-refractivity contribution >= 4 is 28.3 Å². The Morgan fingerprint density at radius 3 is 2.75 bits per heavy atom. The van der Waals surface area contributed by atoms with E-state index in [1.54, 1.807) is 18.4 Å². The Bertz CT molecular complexity index is 815. The van der Waals surface area contributed by atoms with E-state index in [-0.39, 0.29) is 0 Å². The SMILES string of the molecule is CN=C(NCCc1nc2ccccc2[nH]1)NCc1sc(C)nc1C. The van der Waals surface area contributed by atoms with E-state index in [9.17, 15) is 0 Å². The molecule has 24 heavy (non-hydrogen) atoms. The third-order valence-corrected chi connectivity index (χ3v) is 4.81. The number of nitrogens with zero attached hydrogens (tertiary/aromatic N) is 3. The van der Waals surface area contributed by atoms with Crippen LogP contribution in [0.25, 0.3) is 11.0 Å². The first kappa shape index (κ1) is 16.4. The van der Waals surface area contributed by atoms with Crippen LogP contribution in [0, 0.1) is 13.8 Å². The highest BCUT2D eigenvalue weighted by atomic mass is 32.1. The van der Waals surface area contributed by atoms with Crippen LogP contribution < -0.4 is 10.6 Å². The highest BCUT2D eigenvalue weighted by molar-refractivity contribution is 7.11. The molecule has 7 heteroatoms. The van der Waals surface area contributed by atoms with Gasteiger partial charge in [-0.2, -0.15) is 0 Å². The molecule has 0 saturated carbocycles. The Kier molecular flexibility index (Phi) is 5.10. The number of guanidine groups is 1. The Labute approximate surface area is 145 Å². The predicted octanol–water partition coefficient (Wildman–Crippen LogP) is 2.54. The summed E-state index contributed by atoms with van der Waals surface area (Å²) in [5, 5.41) is 7.75. The summed E-state index contributed by atoms with van der Waals surface area (Å²) in [5.41, 5.74) is 3.17. The Hall–Kier alpha value is -2.41. The van der Waals surface area contributed by atoms with E-state index in [0.717, 1.165) is 53.0 Å². The second kappa shape index (κ2) is 7.44. The van der Waals surface area contributed by atoms with Crippen LogP contribution in [0.15, 0.2) is 29.3 Å². The number of thiazole rings is 1. The number of hydrogen-bond acceptors (Lipinski definition) is 4. The molecule has 0 unspecified atom stereocenters. The molecule has 2 heterocycles. The zero-order chi connectivity index (χ0) is 16.9. The van der Waals surface area contributed by atoms with Crippen LogP contribution in [0.5, 0.6) is 0 Å². The number of benzene rings is 1. The maximum atomic E-state index is 4.58. The molecule has 3 aromatic rings. The topological polar surface area (TPSA) is 78.0 Å². The average Bonchev–Trinajstić information content (AvgIpc) is 3.12. The van der Waals surface area contributed by atoms with Crippen LogP contribution >= 0.6 is 11.3 Å². The lowest BCUT2D eigenvalue weighted by atomic mass is 10.3. The van der Waals surface area contributed by atoms with Gasteiger partial charge in [-0.3, -0.25) is 4.99 Å². The number of aromatic amines is 1. The molecule has 3 rings (SSSR count). The zero-order valence-corrected chi connectivity index (χ0v) is 15.0. The maximum Gasteiger partial charge on any atom is 0.191 e. The van der Waals surface area contributed by atoms with Crippen LogP contribution in [0.4, 0.5) is 0 Å². The molecule has 126 valence electrons. The van der Waals surface area contributed by atoms with Crippen LogP contribution in [0.2, 0.25) is 0 Å². The fourth-order valence-electron chi connectivity index (χ4n) is 2.55. The maximum absolute atomic E-state index is 4.58. The first-order chi connectivity index (χ1) is 11.7. The Morgan fingerprint density at radius 2 is 2.04 bits per heavy atom. The van der Waals surface area contributed by atoms with Crippen LogP contribution in [0.3, 0.4) is 0 Å². The van der Waals surface area contributed by atoms with E-state index in [4.69, 9.17) is 0 Å². The lowest BCUT2D eigenvalue weighted by Gasteiger charge is -2.10. The number of aryl methyl sites for hydroxylation is 2. The number of aliphatic imine (C=N–C) groups is 1. The van der Waals surface area contributed by atoms with E-state index in [1.165, 1.54) is 4.88 Å². The summed E-state index contributed by atoms with van der Waals surface area (Å²) in [6.07, 6.45) is 0.814. The van der Waals surface area contributed by atoms with E-state index in [0.29, 0.717) is 0 Å². The molecule has 0 amide bonds. The van der Waals surface area contributed by atoms with Crippen molar-refractivity contribution in [2.45, 2.75) is 26.8 Å². The number of rotatable bonds is 5. The molecule has 0 bridgehead atoms. The van der Waals surface area contributed by atoms with Crippen LogP contribution in [0.1, 0.15) is 21.4 Å². The molecule has 0 aliphatic carbocycles. The van der Waals surface area contributed by atoms with Gasteiger partial charge in [0, 0.05) is 24.9 Å². The molecule has 0 aliphatic rings. The van der Waals surface area contributed by atoms with Gasteiger partial charge in [-0.1, -0.05) is 12.1 Å². The summed E-state index contributed by atoms with van der Waals surface area (Å²) in [7, 11) is 1.78. The van der Waals surface area contributed by atoms with Crippen molar-refractivity contribution in [2.75, 3.05) is 13.6 Å². The summed E-state index contributed by atoms with van der Waals surface area (Å²) < 4.78 is 0. The number of nitrogens with one attached hydrogen (secondary N) is 3. The summed E-state index contributed by atoms with van der Waals surface area (Å²) >= 11 is 1.72. The molecule has 0 radical (unpaired) electrons. The molecule has 0 spiro atoms. The number of hydrogen-bond donors (Lipinski definition) is 3. The van der Waals surface area contributed by atoms with Crippen LogP contribution in [-0.2, 0) is 13.0 Å². The van der Waals surface area contributed by atoms with Gasteiger partial charge in [-0.15, -0.1) is 11.3 Å². The molecule has 2 aromatic heterocycles. The largest absolute Gasteiger partial charge is 0.356 e. The van der Waals surface area contributed by atoms with E-state index in [2.05, 4.69) is 30.6 Å². The minimum absolute atomic E-state index is 0.738. The van der Waals surface area contributed by atoms with Crippen molar-refractivity contribution in [3.8, 4) is 0 Å². The predicted molar refractivity (Wildman–Crippen MR) is 99.6 cm³/mol. The molecule has 0 fully saturated rings. The second-order valence-corrected chi connectivity index (χ2v) is 6.83. The van der Waals surface area contributed by atoms with E-state index < -0.39 is 0 Å². The number of aromatic nitrogens is 3. The molecule has 1 aromatic carbocycles.